The van der Waals surface area contributed by atoms with Crippen LogP contribution in [0.15, 0.2) is 52.3 Å². The molecule has 0 radical (unpaired) electrons. The number of thioether (sulfide) groups is 1. The summed E-state index contributed by atoms with van der Waals surface area (Å²) in [6.07, 6.45) is 0. The predicted octanol–water partition coefficient (Wildman–Crippen LogP) is 3.37. The van der Waals surface area contributed by atoms with Gasteiger partial charge in [-0.05, 0) is 37.3 Å². The SMILES string of the molecule is CC(=O)c1cccc(NS(=O)(=O)c2ccc3c(c2)NC(=O)C(C)CS3)c1. The number of carbonyl (C=O) groups excluding carboxylic acids is 2. The highest BCUT2D eigenvalue weighted by Gasteiger charge is 2.23. The normalized spacial score (nSPS) is 17.0. The molecule has 136 valence electrons. The fourth-order valence-corrected chi connectivity index (χ4v) is 4.55. The van der Waals surface area contributed by atoms with Crippen LogP contribution in [0.2, 0.25) is 0 Å². The molecule has 0 fully saturated rings. The number of benzene rings is 2. The van der Waals surface area contributed by atoms with Crippen molar-refractivity contribution in [3.63, 3.8) is 0 Å². The quantitative estimate of drug-likeness (QED) is 0.781. The van der Waals surface area contributed by atoms with Crippen molar-refractivity contribution >= 4 is 44.9 Å². The van der Waals surface area contributed by atoms with Crippen LogP contribution < -0.4 is 10.0 Å². The molecular weight excluding hydrogens is 372 g/mol. The van der Waals surface area contributed by atoms with Crippen LogP contribution in [0.1, 0.15) is 24.2 Å². The van der Waals surface area contributed by atoms with E-state index in [9.17, 15) is 18.0 Å². The molecule has 0 saturated carbocycles. The van der Waals surface area contributed by atoms with E-state index in [4.69, 9.17) is 0 Å². The number of fused-ring (bicyclic) bond motifs is 1. The van der Waals surface area contributed by atoms with Crippen LogP contribution in [0, 0.1) is 5.92 Å². The minimum atomic E-state index is -3.85. The molecule has 0 spiro atoms. The van der Waals surface area contributed by atoms with Crippen molar-refractivity contribution in [1.82, 2.24) is 0 Å². The van der Waals surface area contributed by atoms with Crippen LogP contribution in [-0.4, -0.2) is 25.9 Å². The summed E-state index contributed by atoms with van der Waals surface area (Å²) in [6.45, 7) is 3.25. The highest BCUT2D eigenvalue weighted by molar-refractivity contribution is 7.99. The van der Waals surface area contributed by atoms with Gasteiger partial charge < -0.3 is 5.32 Å². The van der Waals surface area contributed by atoms with Crippen LogP contribution in [-0.2, 0) is 14.8 Å². The fourth-order valence-electron chi connectivity index (χ4n) is 2.46. The zero-order chi connectivity index (χ0) is 18.9. The number of Topliss-reactive ketones (excluding diaryl/α,β-unsaturated/α-hetero) is 1. The molecule has 1 aliphatic heterocycles. The Morgan fingerprint density at radius 3 is 2.73 bits per heavy atom. The van der Waals surface area contributed by atoms with E-state index in [1.165, 1.54) is 36.9 Å². The summed E-state index contributed by atoms with van der Waals surface area (Å²) in [5.74, 6) is 0.207. The van der Waals surface area contributed by atoms with Crippen LogP contribution >= 0.6 is 11.8 Å². The first-order valence-electron chi connectivity index (χ1n) is 7.98. The van der Waals surface area contributed by atoms with Crippen LogP contribution in [0.3, 0.4) is 0 Å². The Morgan fingerprint density at radius 2 is 2.00 bits per heavy atom. The zero-order valence-electron chi connectivity index (χ0n) is 14.3. The number of hydrogen-bond acceptors (Lipinski definition) is 5. The van der Waals surface area contributed by atoms with E-state index in [2.05, 4.69) is 10.0 Å². The molecule has 0 aliphatic carbocycles. The third-order valence-corrected chi connectivity index (χ3v) is 6.69. The van der Waals surface area contributed by atoms with Crippen molar-refractivity contribution in [3.8, 4) is 0 Å². The number of rotatable bonds is 4. The lowest BCUT2D eigenvalue weighted by molar-refractivity contribution is -0.118. The Kier molecular flexibility index (Phi) is 5.06. The predicted molar refractivity (Wildman–Crippen MR) is 102 cm³/mol. The van der Waals surface area contributed by atoms with Gasteiger partial charge in [0.15, 0.2) is 5.78 Å². The highest BCUT2D eigenvalue weighted by atomic mass is 32.2. The fraction of sp³-hybridized carbons (Fsp3) is 0.222. The van der Waals surface area contributed by atoms with E-state index < -0.39 is 10.0 Å². The average molecular weight is 390 g/mol. The van der Waals surface area contributed by atoms with E-state index in [1.807, 2.05) is 6.92 Å². The summed E-state index contributed by atoms with van der Waals surface area (Å²) < 4.78 is 27.8. The van der Waals surface area contributed by atoms with Crippen molar-refractivity contribution in [1.29, 1.82) is 0 Å². The van der Waals surface area contributed by atoms with Crippen molar-refractivity contribution in [2.24, 2.45) is 5.92 Å². The number of ketones is 1. The van der Waals surface area contributed by atoms with Gasteiger partial charge in [0.05, 0.1) is 10.6 Å². The Morgan fingerprint density at radius 1 is 1.23 bits per heavy atom. The van der Waals surface area contributed by atoms with Gasteiger partial charge in [0.2, 0.25) is 5.91 Å². The Labute approximate surface area is 156 Å². The lowest BCUT2D eigenvalue weighted by Gasteiger charge is -2.12. The van der Waals surface area contributed by atoms with Gasteiger partial charge in [0.25, 0.3) is 10.0 Å². The molecule has 1 heterocycles. The molecule has 2 N–H and O–H groups in total. The molecule has 0 aromatic heterocycles. The molecule has 1 atom stereocenters. The van der Waals surface area contributed by atoms with E-state index in [1.54, 1.807) is 24.3 Å². The molecule has 1 unspecified atom stereocenters. The molecule has 2 aromatic carbocycles. The third kappa shape index (κ3) is 3.91. The topological polar surface area (TPSA) is 92.3 Å². The summed E-state index contributed by atoms with van der Waals surface area (Å²) in [5, 5.41) is 2.78. The van der Waals surface area contributed by atoms with E-state index in [-0.39, 0.29) is 22.5 Å². The van der Waals surface area contributed by atoms with Crippen LogP contribution in [0.25, 0.3) is 0 Å². The number of sulfonamides is 1. The van der Waals surface area contributed by atoms with E-state index >= 15 is 0 Å². The molecule has 8 heteroatoms. The molecule has 6 nitrogen and oxygen atoms in total. The second-order valence-corrected chi connectivity index (χ2v) is 8.85. The number of amides is 1. The second kappa shape index (κ2) is 7.13. The first kappa shape index (κ1) is 18.5. The molecule has 0 bridgehead atoms. The number of nitrogens with one attached hydrogen (secondary N) is 2. The number of anilines is 2. The standard InChI is InChI=1S/C18H18N2O4S2/c1-11-10-25-17-7-6-15(9-16(17)19-18(11)22)26(23,24)20-14-5-3-4-13(8-14)12(2)21/h3-9,11,20H,10H2,1-2H3,(H,19,22). The van der Waals surface area contributed by atoms with Gasteiger partial charge >= 0.3 is 0 Å². The molecule has 26 heavy (non-hydrogen) atoms. The lowest BCUT2D eigenvalue weighted by atomic mass is 10.1. The maximum atomic E-state index is 12.7. The van der Waals surface area contributed by atoms with E-state index in [0.717, 1.165) is 4.90 Å². The van der Waals surface area contributed by atoms with Gasteiger partial charge in [-0.15, -0.1) is 11.8 Å². The summed E-state index contributed by atoms with van der Waals surface area (Å²) in [5.41, 5.74) is 1.22. The lowest BCUT2D eigenvalue weighted by Crippen LogP contribution is -2.20. The minimum absolute atomic E-state index is 0.0416. The molecular formula is C18H18N2O4S2. The highest BCUT2D eigenvalue weighted by Crippen LogP contribution is 2.34. The van der Waals surface area contributed by atoms with Crippen LogP contribution in [0.4, 0.5) is 11.4 Å². The van der Waals surface area contributed by atoms with Gasteiger partial charge in [0, 0.05) is 27.8 Å². The molecule has 1 aliphatic rings. The first-order chi connectivity index (χ1) is 12.3. The molecule has 2 aromatic rings. The van der Waals surface area contributed by atoms with Gasteiger partial charge in [-0.3, -0.25) is 14.3 Å². The smallest absolute Gasteiger partial charge is 0.261 e. The number of hydrogen-bond donors (Lipinski definition) is 2. The summed E-state index contributed by atoms with van der Waals surface area (Å²) in [4.78, 5) is 24.3. The van der Waals surface area contributed by atoms with E-state index in [0.29, 0.717) is 22.7 Å². The second-order valence-electron chi connectivity index (χ2n) is 6.10. The maximum absolute atomic E-state index is 12.7. The number of carbonyl (C=O) groups is 2. The van der Waals surface area contributed by atoms with Gasteiger partial charge in [-0.1, -0.05) is 19.1 Å². The monoisotopic (exact) mass is 390 g/mol. The first-order valence-corrected chi connectivity index (χ1v) is 10.4. The van der Waals surface area contributed by atoms with Crippen LogP contribution in [0.5, 0.6) is 0 Å². The third-order valence-electron chi connectivity index (χ3n) is 3.98. The van der Waals surface area contributed by atoms with Gasteiger partial charge in [-0.25, -0.2) is 8.42 Å². The van der Waals surface area contributed by atoms with Gasteiger partial charge in [0.1, 0.15) is 0 Å². The largest absolute Gasteiger partial charge is 0.325 e. The summed E-state index contributed by atoms with van der Waals surface area (Å²) in [6, 6.07) is 11.0. The Hall–Kier alpha value is -2.32. The van der Waals surface area contributed by atoms with Crippen molar-refractivity contribution in [3.05, 3.63) is 48.0 Å². The zero-order valence-corrected chi connectivity index (χ0v) is 15.9. The molecule has 1 amide bonds. The maximum Gasteiger partial charge on any atom is 0.261 e. The minimum Gasteiger partial charge on any atom is -0.325 e. The van der Waals surface area contributed by atoms with Gasteiger partial charge in [-0.2, -0.15) is 0 Å². The van der Waals surface area contributed by atoms with Crippen molar-refractivity contribution in [2.45, 2.75) is 23.6 Å². The summed E-state index contributed by atoms with van der Waals surface area (Å²) >= 11 is 1.51. The Bertz CT molecular complexity index is 986. The van der Waals surface area contributed by atoms with Crippen molar-refractivity contribution < 1.29 is 18.0 Å². The average Bonchev–Trinajstić information content (AvgIpc) is 2.73. The summed E-state index contributed by atoms with van der Waals surface area (Å²) in [7, 11) is -3.85. The Balaban J connectivity index is 1.91. The molecule has 0 saturated heterocycles. The van der Waals surface area contributed by atoms with Crippen molar-refractivity contribution in [2.75, 3.05) is 15.8 Å². The molecule has 3 rings (SSSR count).